The largest absolute Gasteiger partial charge is 0.342 e. The van der Waals surface area contributed by atoms with E-state index in [1.54, 1.807) is 0 Å². The van der Waals surface area contributed by atoms with E-state index in [9.17, 15) is 4.79 Å². The lowest BCUT2D eigenvalue weighted by molar-refractivity contribution is -0.125. The summed E-state index contributed by atoms with van der Waals surface area (Å²) in [5, 5.41) is 6.11. The molecule has 0 aromatic rings. The zero-order chi connectivity index (χ0) is 10.9. The van der Waals surface area contributed by atoms with Crippen molar-refractivity contribution in [2.45, 2.75) is 45.1 Å². The highest BCUT2D eigenvalue weighted by Crippen LogP contribution is 2.34. The van der Waals surface area contributed by atoms with Crippen LogP contribution in [-0.4, -0.2) is 24.0 Å². The Morgan fingerprint density at radius 1 is 1.60 bits per heavy atom. The third-order valence-corrected chi connectivity index (χ3v) is 3.34. The zero-order valence-electron chi connectivity index (χ0n) is 9.47. The van der Waals surface area contributed by atoms with Crippen molar-refractivity contribution < 1.29 is 4.79 Å². The second kappa shape index (κ2) is 3.83. The maximum Gasteiger partial charge on any atom is 0.252 e. The molecule has 15 heavy (non-hydrogen) atoms. The predicted octanol–water partition coefficient (Wildman–Crippen LogP) is 1.03. The average molecular weight is 209 g/mol. The molecule has 1 aliphatic heterocycles. The molecule has 2 N–H and O–H groups in total. The Bertz CT molecular complexity index is 300. The molecule has 0 bridgehead atoms. The van der Waals surface area contributed by atoms with Crippen molar-refractivity contribution in [1.82, 2.24) is 10.6 Å². The van der Waals surface area contributed by atoms with Crippen LogP contribution in [0.1, 0.15) is 39.5 Å². The average Bonchev–Trinajstić information content (AvgIpc) is 2.43. The minimum Gasteiger partial charge on any atom is -0.342 e. The molecule has 2 rings (SSSR count). The van der Waals surface area contributed by atoms with Gasteiger partial charge in [-0.3, -0.25) is 15.1 Å². The van der Waals surface area contributed by atoms with Gasteiger partial charge in [0, 0.05) is 6.54 Å². The fourth-order valence-electron chi connectivity index (χ4n) is 2.65. The lowest BCUT2D eigenvalue weighted by Gasteiger charge is -2.34. The number of nitrogens with one attached hydrogen (secondary N) is 2. The van der Waals surface area contributed by atoms with E-state index < -0.39 is 0 Å². The summed E-state index contributed by atoms with van der Waals surface area (Å²) in [4.78, 5) is 16.1. The fourth-order valence-corrected chi connectivity index (χ4v) is 2.65. The van der Waals surface area contributed by atoms with Crippen LogP contribution >= 0.6 is 0 Å². The summed E-state index contributed by atoms with van der Waals surface area (Å²) in [6.45, 7) is 4.88. The molecule has 1 heterocycles. The molecule has 2 fully saturated rings. The van der Waals surface area contributed by atoms with E-state index >= 15 is 0 Å². The summed E-state index contributed by atoms with van der Waals surface area (Å²) in [7, 11) is 0. The van der Waals surface area contributed by atoms with E-state index in [4.69, 9.17) is 0 Å². The Morgan fingerprint density at radius 2 is 2.40 bits per heavy atom. The topological polar surface area (TPSA) is 53.5 Å². The monoisotopic (exact) mass is 209 g/mol. The van der Waals surface area contributed by atoms with E-state index in [0.717, 1.165) is 19.3 Å². The van der Waals surface area contributed by atoms with Gasteiger partial charge >= 0.3 is 0 Å². The molecule has 4 nitrogen and oxygen atoms in total. The first kappa shape index (κ1) is 10.5. The maximum atomic E-state index is 11.9. The van der Waals surface area contributed by atoms with E-state index in [1.807, 2.05) is 6.92 Å². The first-order chi connectivity index (χ1) is 7.16. The van der Waals surface area contributed by atoms with Gasteiger partial charge < -0.3 is 5.32 Å². The highest BCUT2D eigenvalue weighted by atomic mass is 16.2. The highest BCUT2D eigenvalue weighted by Gasteiger charge is 2.46. The quantitative estimate of drug-likeness (QED) is 0.677. The summed E-state index contributed by atoms with van der Waals surface area (Å²) >= 11 is 0. The van der Waals surface area contributed by atoms with Gasteiger partial charge in [-0.05, 0) is 25.7 Å². The molecule has 0 aromatic carbocycles. The van der Waals surface area contributed by atoms with Crippen LogP contribution in [-0.2, 0) is 4.79 Å². The van der Waals surface area contributed by atoms with Gasteiger partial charge in [-0.1, -0.05) is 19.8 Å². The Balaban J connectivity index is 2.15. The van der Waals surface area contributed by atoms with Crippen LogP contribution in [0.15, 0.2) is 4.99 Å². The van der Waals surface area contributed by atoms with Crippen LogP contribution in [0.4, 0.5) is 0 Å². The van der Waals surface area contributed by atoms with Gasteiger partial charge in [-0.25, -0.2) is 0 Å². The normalized spacial score (nSPS) is 38.1. The summed E-state index contributed by atoms with van der Waals surface area (Å²) in [5.74, 6) is 1.40. The van der Waals surface area contributed by atoms with Gasteiger partial charge in [0.15, 0.2) is 5.96 Å². The fraction of sp³-hybridized carbons (Fsp3) is 0.818. The SMILES string of the molecule is CCN=C1NC(=O)C2(CCCC(C)C2)N1. The summed E-state index contributed by atoms with van der Waals surface area (Å²) in [6.07, 6.45) is 4.23. The number of hydrogen-bond acceptors (Lipinski definition) is 2. The molecule has 2 unspecified atom stereocenters. The molecule has 84 valence electrons. The lowest BCUT2D eigenvalue weighted by Crippen LogP contribution is -2.50. The van der Waals surface area contributed by atoms with Crippen LogP contribution < -0.4 is 10.6 Å². The number of aliphatic imine (C=N–C) groups is 1. The summed E-state index contributed by atoms with van der Waals surface area (Å²) < 4.78 is 0. The first-order valence-corrected chi connectivity index (χ1v) is 5.80. The number of rotatable bonds is 1. The second-order valence-corrected chi connectivity index (χ2v) is 4.69. The standard InChI is InChI=1S/C11H19N3O/c1-3-12-10-13-9(15)11(14-10)6-4-5-8(2)7-11/h8H,3-7H2,1-2H3,(H2,12,13,14,15). The Labute approximate surface area is 90.5 Å². The molecule has 2 aliphatic rings. The van der Waals surface area contributed by atoms with Crippen molar-refractivity contribution in [3.8, 4) is 0 Å². The molecule has 1 saturated carbocycles. The van der Waals surface area contributed by atoms with Crippen molar-refractivity contribution in [3.05, 3.63) is 0 Å². The van der Waals surface area contributed by atoms with E-state index in [0.29, 0.717) is 18.4 Å². The van der Waals surface area contributed by atoms with Crippen LogP contribution in [0, 0.1) is 5.92 Å². The van der Waals surface area contributed by atoms with Crippen LogP contribution in [0.5, 0.6) is 0 Å². The van der Waals surface area contributed by atoms with Crippen molar-refractivity contribution in [1.29, 1.82) is 0 Å². The van der Waals surface area contributed by atoms with Gasteiger partial charge in [-0.15, -0.1) is 0 Å². The number of amides is 1. The number of nitrogens with zero attached hydrogens (tertiary/aromatic N) is 1. The third kappa shape index (κ3) is 1.85. The van der Waals surface area contributed by atoms with Crippen molar-refractivity contribution in [3.63, 3.8) is 0 Å². The number of carbonyl (C=O) groups excluding carboxylic acids is 1. The van der Waals surface area contributed by atoms with Crippen LogP contribution in [0.25, 0.3) is 0 Å². The third-order valence-electron chi connectivity index (χ3n) is 3.34. The van der Waals surface area contributed by atoms with Crippen LogP contribution in [0.3, 0.4) is 0 Å². The molecular formula is C11H19N3O. The zero-order valence-corrected chi connectivity index (χ0v) is 9.47. The lowest BCUT2D eigenvalue weighted by atomic mass is 9.76. The van der Waals surface area contributed by atoms with Crippen LogP contribution in [0.2, 0.25) is 0 Å². The summed E-state index contributed by atoms with van der Waals surface area (Å²) in [6, 6.07) is 0. The molecular weight excluding hydrogens is 190 g/mol. The molecule has 1 aliphatic carbocycles. The minimum atomic E-state index is -0.355. The predicted molar refractivity (Wildman–Crippen MR) is 59.6 cm³/mol. The molecule has 2 atom stereocenters. The molecule has 1 saturated heterocycles. The number of guanidine groups is 1. The van der Waals surface area contributed by atoms with Gasteiger partial charge in [0.05, 0.1) is 0 Å². The Hall–Kier alpha value is -1.06. The smallest absolute Gasteiger partial charge is 0.252 e. The van der Waals surface area contributed by atoms with E-state index in [1.165, 1.54) is 6.42 Å². The minimum absolute atomic E-state index is 0.112. The van der Waals surface area contributed by atoms with Gasteiger partial charge in [-0.2, -0.15) is 0 Å². The summed E-state index contributed by atoms with van der Waals surface area (Å²) in [5.41, 5.74) is -0.355. The number of hydrogen-bond donors (Lipinski definition) is 2. The van der Waals surface area contributed by atoms with Gasteiger partial charge in [0.2, 0.25) is 0 Å². The molecule has 0 aromatic heterocycles. The molecule has 1 spiro atoms. The Morgan fingerprint density at radius 3 is 3.07 bits per heavy atom. The second-order valence-electron chi connectivity index (χ2n) is 4.69. The van der Waals surface area contributed by atoms with Gasteiger partial charge in [0.1, 0.15) is 5.54 Å². The first-order valence-electron chi connectivity index (χ1n) is 5.80. The van der Waals surface area contributed by atoms with E-state index in [2.05, 4.69) is 22.5 Å². The Kier molecular flexibility index (Phi) is 2.67. The van der Waals surface area contributed by atoms with Crippen molar-refractivity contribution >= 4 is 11.9 Å². The number of carbonyl (C=O) groups is 1. The van der Waals surface area contributed by atoms with E-state index in [-0.39, 0.29) is 11.4 Å². The maximum absolute atomic E-state index is 11.9. The van der Waals surface area contributed by atoms with Crippen molar-refractivity contribution in [2.75, 3.05) is 6.54 Å². The van der Waals surface area contributed by atoms with Crippen molar-refractivity contribution in [2.24, 2.45) is 10.9 Å². The van der Waals surface area contributed by atoms with Gasteiger partial charge in [0.25, 0.3) is 5.91 Å². The molecule has 0 radical (unpaired) electrons. The highest BCUT2D eigenvalue weighted by molar-refractivity contribution is 6.09. The molecule has 1 amide bonds. The molecule has 4 heteroatoms.